The van der Waals surface area contributed by atoms with E-state index in [1.165, 1.54) is 17.0 Å². The summed E-state index contributed by atoms with van der Waals surface area (Å²) in [6, 6.07) is 11.0. The lowest BCUT2D eigenvalue weighted by atomic mass is 10.0. The Bertz CT molecular complexity index is 1090. The Morgan fingerprint density at radius 3 is 2.50 bits per heavy atom. The summed E-state index contributed by atoms with van der Waals surface area (Å²) >= 11 is 6.48. The molecule has 0 unspecified atom stereocenters. The maximum atomic E-state index is 13.2. The van der Waals surface area contributed by atoms with Crippen molar-refractivity contribution in [2.75, 3.05) is 29.9 Å². The van der Waals surface area contributed by atoms with Gasteiger partial charge in [-0.2, -0.15) is 0 Å². The van der Waals surface area contributed by atoms with E-state index >= 15 is 0 Å². The molecule has 2 amide bonds. The van der Waals surface area contributed by atoms with E-state index in [2.05, 4.69) is 10.2 Å². The van der Waals surface area contributed by atoms with Gasteiger partial charge in [-0.05, 0) is 82.5 Å². The summed E-state index contributed by atoms with van der Waals surface area (Å²) < 4.78 is 24.8. The van der Waals surface area contributed by atoms with E-state index in [4.69, 9.17) is 21.1 Å². The number of rotatable bonds is 5. The number of halogens is 2. The number of benzene rings is 2. The molecule has 0 spiro atoms. The van der Waals surface area contributed by atoms with Crippen LogP contribution < -0.4 is 15.0 Å². The lowest BCUT2D eigenvalue weighted by Gasteiger charge is -2.35. The highest BCUT2D eigenvalue weighted by atomic mass is 35.5. The molecule has 0 radical (unpaired) electrons. The first-order valence-corrected chi connectivity index (χ1v) is 12.7. The zero-order valence-electron chi connectivity index (χ0n) is 20.9. The molecule has 0 bridgehead atoms. The second-order valence-electron chi connectivity index (χ2n) is 10.3. The second kappa shape index (κ2) is 10.9. The number of anilines is 2. The fourth-order valence-electron chi connectivity index (χ4n) is 4.53. The van der Waals surface area contributed by atoms with Crippen molar-refractivity contribution in [3.05, 3.63) is 53.3 Å². The molecule has 7 nitrogen and oxygen atoms in total. The number of nitrogens with one attached hydrogen (secondary N) is 1. The number of amides is 2. The molecule has 2 atom stereocenters. The van der Waals surface area contributed by atoms with Crippen LogP contribution >= 0.6 is 11.6 Å². The fraction of sp³-hybridized carbons (Fsp3) is 0.481. The van der Waals surface area contributed by atoms with Crippen LogP contribution in [0.15, 0.2) is 42.5 Å². The van der Waals surface area contributed by atoms with Crippen LogP contribution in [0.5, 0.6) is 5.75 Å². The smallest absolute Gasteiger partial charge is 0.410 e. The van der Waals surface area contributed by atoms with Crippen molar-refractivity contribution in [1.82, 2.24) is 4.90 Å². The molecular formula is C27H33ClFN3O4. The van der Waals surface area contributed by atoms with Gasteiger partial charge in [0, 0.05) is 30.9 Å². The molecule has 2 heterocycles. The normalized spacial score (nSPS) is 20.2. The van der Waals surface area contributed by atoms with E-state index in [9.17, 15) is 14.0 Å². The lowest BCUT2D eigenvalue weighted by molar-refractivity contribution is -0.122. The topological polar surface area (TPSA) is 71.1 Å². The van der Waals surface area contributed by atoms with Gasteiger partial charge in [0.15, 0.2) is 0 Å². The van der Waals surface area contributed by atoms with E-state index in [1.807, 2.05) is 0 Å². The highest BCUT2D eigenvalue weighted by Crippen LogP contribution is 2.31. The molecule has 4 rings (SSSR count). The quantitative estimate of drug-likeness (QED) is 0.537. The first kappa shape index (κ1) is 26.1. The van der Waals surface area contributed by atoms with Crippen LogP contribution in [0.25, 0.3) is 0 Å². The maximum Gasteiger partial charge on any atom is 0.410 e. The minimum absolute atomic E-state index is 0.0578. The predicted molar refractivity (Wildman–Crippen MR) is 138 cm³/mol. The molecular weight excluding hydrogens is 485 g/mol. The third-order valence-corrected chi connectivity index (χ3v) is 6.56. The Balaban J connectivity index is 1.35. The standard InChI is InChI=1S/C27H33ClFN3O4/c1-27(2,3)36-26(34)32-14-5-4-6-23(32)25(33)30-19-9-12-24(22(28)16-19)35-21-13-15-31(17-21)20-10-7-18(29)8-11-20/h7-12,16,21,23H,4-6,13-15,17H2,1-3H3,(H,30,33)/t21-,23+/m0/s1. The van der Waals surface area contributed by atoms with Crippen LogP contribution in [-0.4, -0.2) is 54.3 Å². The molecule has 36 heavy (non-hydrogen) atoms. The average molecular weight is 518 g/mol. The summed E-state index contributed by atoms with van der Waals surface area (Å²) in [4.78, 5) is 29.3. The summed E-state index contributed by atoms with van der Waals surface area (Å²) in [6.45, 7) is 7.38. The highest BCUT2D eigenvalue weighted by molar-refractivity contribution is 6.32. The minimum atomic E-state index is -0.631. The third-order valence-electron chi connectivity index (χ3n) is 6.26. The predicted octanol–water partition coefficient (Wildman–Crippen LogP) is 5.86. The van der Waals surface area contributed by atoms with E-state index in [1.54, 1.807) is 51.1 Å². The van der Waals surface area contributed by atoms with E-state index in [0.717, 1.165) is 31.5 Å². The van der Waals surface area contributed by atoms with Gasteiger partial charge >= 0.3 is 6.09 Å². The summed E-state index contributed by atoms with van der Waals surface area (Å²) in [5.74, 6) is 0.00967. The Morgan fingerprint density at radius 1 is 1.06 bits per heavy atom. The van der Waals surface area contributed by atoms with Crippen molar-refractivity contribution >= 4 is 35.0 Å². The molecule has 2 aromatic rings. The van der Waals surface area contributed by atoms with Crippen molar-refractivity contribution in [2.45, 2.75) is 64.2 Å². The van der Waals surface area contributed by atoms with E-state index < -0.39 is 17.7 Å². The van der Waals surface area contributed by atoms with Gasteiger partial charge in [0.25, 0.3) is 0 Å². The van der Waals surface area contributed by atoms with Gasteiger partial charge in [-0.3, -0.25) is 9.69 Å². The number of hydrogen-bond acceptors (Lipinski definition) is 5. The number of ether oxygens (including phenoxy) is 2. The number of nitrogens with zero attached hydrogens (tertiary/aromatic N) is 2. The molecule has 0 saturated carbocycles. The summed E-state index contributed by atoms with van der Waals surface area (Å²) in [6.07, 6.45) is 2.55. The molecule has 2 saturated heterocycles. The van der Waals surface area contributed by atoms with Crippen LogP contribution in [0.4, 0.5) is 20.6 Å². The van der Waals surface area contributed by atoms with Gasteiger partial charge < -0.3 is 19.7 Å². The Kier molecular flexibility index (Phi) is 7.93. The largest absolute Gasteiger partial charge is 0.487 e. The Morgan fingerprint density at radius 2 is 1.81 bits per heavy atom. The van der Waals surface area contributed by atoms with Crippen LogP contribution in [0.3, 0.4) is 0 Å². The molecule has 2 fully saturated rings. The molecule has 2 aliphatic heterocycles. The van der Waals surface area contributed by atoms with E-state index in [-0.39, 0.29) is 17.8 Å². The summed E-state index contributed by atoms with van der Waals surface area (Å²) in [5.41, 5.74) is 0.857. The average Bonchev–Trinajstić information content (AvgIpc) is 3.29. The summed E-state index contributed by atoms with van der Waals surface area (Å²) in [5, 5.41) is 3.28. The zero-order valence-corrected chi connectivity index (χ0v) is 21.7. The molecule has 2 aliphatic rings. The van der Waals surface area contributed by atoms with Gasteiger partial charge in [0.05, 0.1) is 11.6 Å². The molecule has 2 aromatic carbocycles. The third kappa shape index (κ3) is 6.60. The van der Waals surface area contributed by atoms with Crippen molar-refractivity contribution in [2.24, 2.45) is 0 Å². The van der Waals surface area contributed by atoms with Gasteiger partial charge in [0.1, 0.15) is 29.3 Å². The number of carbonyl (C=O) groups excluding carboxylic acids is 2. The number of carbonyl (C=O) groups is 2. The van der Waals surface area contributed by atoms with E-state index in [0.29, 0.717) is 36.0 Å². The number of hydrogen-bond donors (Lipinski definition) is 1. The maximum absolute atomic E-state index is 13.2. The first-order valence-electron chi connectivity index (χ1n) is 12.4. The summed E-state index contributed by atoms with van der Waals surface area (Å²) in [7, 11) is 0. The molecule has 194 valence electrons. The Hall–Kier alpha value is -3.00. The zero-order chi connectivity index (χ0) is 25.9. The van der Waals surface area contributed by atoms with Crippen LogP contribution in [0.2, 0.25) is 5.02 Å². The molecule has 1 N–H and O–H groups in total. The van der Waals surface area contributed by atoms with Crippen molar-refractivity contribution in [3.8, 4) is 5.75 Å². The van der Waals surface area contributed by atoms with Gasteiger partial charge in [-0.1, -0.05) is 11.6 Å². The van der Waals surface area contributed by atoms with Crippen molar-refractivity contribution < 1.29 is 23.5 Å². The van der Waals surface area contributed by atoms with Crippen molar-refractivity contribution in [1.29, 1.82) is 0 Å². The highest BCUT2D eigenvalue weighted by Gasteiger charge is 2.35. The second-order valence-corrected chi connectivity index (χ2v) is 10.7. The van der Waals surface area contributed by atoms with Crippen LogP contribution in [-0.2, 0) is 9.53 Å². The van der Waals surface area contributed by atoms with Crippen LogP contribution in [0, 0.1) is 5.82 Å². The molecule has 9 heteroatoms. The van der Waals surface area contributed by atoms with Gasteiger partial charge in [0.2, 0.25) is 5.91 Å². The number of likely N-dealkylation sites (tertiary alicyclic amines) is 1. The molecule has 0 aromatic heterocycles. The first-order chi connectivity index (χ1) is 17.1. The number of piperidine rings is 1. The Labute approximate surface area is 216 Å². The fourth-order valence-corrected chi connectivity index (χ4v) is 4.76. The SMILES string of the molecule is CC(C)(C)OC(=O)N1CCCC[C@@H]1C(=O)Nc1ccc(O[C@H]2CCN(c3ccc(F)cc3)C2)c(Cl)c1. The lowest BCUT2D eigenvalue weighted by Crippen LogP contribution is -2.51. The molecule has 0 aliphatic carbocycles. The van der Waals surface area contributed by atoms with Gasteiger partial charge in [-0.25, -0.2) is 9.18 Å². The van der Waals surface area contributed by atoms with Gasteiger partial charge in [-0.15, -0.1) is 0 Å². The van der Waals surface area contributed by atoms with Crippen LogP contribution in [0.1, 0.15) is 46.5 Å². The van der Waals surface area contributed by atoms with Crippen molar-refractivity contribution in [3.63, 3.8) is 0 Å². The monoisotopic (exact) mass is 517 g/mol. The minimum Gasteiger partial charge on any atom is -0.487 e.